The highest BCUT2D eigenvalue weighted by molar-refractivity contribution is 7.47. The summed E-state index contributed by atoms with van der Waals surface area (Å²) in [5, 5.41) is 18.4. The second-order valence-corrected chi connectivity index (χ2v) is 17.9. The van der Waals surface area contributed by atoms with E-state index < -0.39 is 51.8 Å². The molecule has 0 aromatic carbocycles. The first-order chi connectivity index (χ1) is 28.7. The van der Waals surface area contributed by atoms with Crippen molar-refractivity contribution >= 4 is 19.8 Å². The molecular weight excluding hydrogens is 767 g/mol. The Kier molecular flexibility index (Phi) is 43.3. The van der Waals surface area contributed by atoms with Crippen molar-refractivity contribution in [2.75, 3.05) is 26.4 Å². The fraction of sp³-hybridized carbons (Fsp3) is 0.875. The number of carbonyl (C=O) groups excluding carboxylic acids is 2. The van der Waals surface area contributed by atoms with Gasteiger partial charge in [-0.25, -0.2) is 4.57 Å². The number of aliphatic hydroxyl groups excluding tert-OH is 2. The molecule has 0 aliphatic rings. The van der Waals surface area contributed by atoms with E-state index in [0.29, 0.717) is 12.8 Å². The first kappa shape index (κ1) is 57.4. The van der Waals surface area contributed by atoms with E-state index in [1.165, 1.54) is 128 Å². The summed E-state index contributed by atoms with van der Waals surface area (Å²) in [6, 6.07) is 0. The van der Waals surface area contributed by atoms with Crippen LogP contribution >= 0.6 is 7.82 Å². The van der Waals surface area contributed by atoms with Crippen LogP contribution in [0.4, 0.5) is 0 Å². The van der Waals surface area contributed by atoms with Gasteiger partial charge < -0.3 is 24.6 Å². The number of hydrogen-bond acceptors (Lipinski definition) is 9. The number of allylic oxidation sites excluding steroid dienone is 4. The highest BCUT2D eigenvalue weighted by Gasteiger charge is 2.27. The SMILES string of the molecule is CCCC/C=C/C/C=C/CCCCCCCC(=O)OC[C@H](COP(=O)(O)OC[C@@H](O)CO)OC(=O)CCCCCCCCCCCCCCCCCCCCCCCC. The Morgan fingerprint density at radius 3 is 1.36 bits per heavy atom. The zero-order valence-electron chi connectivity index (χ0n) is 38.0. The first-order valence-corrected chi connectivity index (χ1v) is 25.8. The van der Waals surface area contributed by atoms with Gasteiger partial charge in [0.1, 0.15) is 12.7 Å². The van der Waals surface area contributed by atoms with Gasteiger partial charge in [-0.1, -0.05) is 205 Å². The standard InChI is InChI=1S/C48H91O10P/c1-3-5-7-9-11-13-15-17-19-20-21-22-23-24-25-26-28-30-32-34-36-38-40-48(52)58-46(44-57-59(53,54)56-42-45(50)41-49)43-55-47(51)39-37-35-33-31-29-27-18-16-14-12-10-8-6-4-2/h10,12,16,18,45-46,49-50H,3-9,11,13-15,17,19-44H2,1-2H3,(H,53,54)/b12-10+,18-16+/t45-,46+/m0/s1. The van der Waals surface area contributed by atoms with Gasteiger partial charge in [-0.15, -0.1) is 0 Å². The number of phosphoric ester groups is 1. The number of hydrogen-bond donors (Lipinski definition) is 3. The molecule has 0 saturated heterocycles. The fourth-order valence-electron chi connectivity index (χ4n) is 6.84. The van der Waals surface area contributed by atoms with E-state index in [4.69, 9.17) is 23.6 Å². The molecule has 1 unspecified atom stereocenters. The van der Waals surface area contributed by atoms with Gasteiger partial charge in [0.15, 0.2) is 6.10 Å². The molecule has 0 rings (SSSR count). The van der Waals surface area contributed by atoms with Crippen LogP contribution in [0.3, 0.4) is 0 Å². The molecule has 0 radical (unpaired) electrons. The number of rotatable bonds is 46. The Morgan fingerprint density at radius 2 is 0.898 bits per heavy atom. The van der Waals surface area contributed by atoms with Crippen LogP contribution in [-0.2, 0) is 32.7 Å². The molecule has 3 atom stereocenters. The molecule has 0 aromatic heterocycles. The molecule has 0 heterocycles. The van der Waals surface area contributed by atoms with Gasteiger partial charge in [-0.05, 0) is 38.5 Å². The number of ether oxygens (including phenoxy) is 2. The van der Waals surface area contributed by atoms with E-state index >= 15 is 0 Å². The second-order valence-electron chi connectivity index (χ2n) is 16.5. The zero-order valence-corrected chi connectivity index (χ0v) is 38.9. The Bertz CT molecular complexity index is 1040. The van der Waals surface area contributed by atoms with Crippen molar-refractivity contribution < 1.29 is 47.8 Å². The third-order valence-electron chi connectivity index (χ3n) is 10.6. The van der Waals surface area contributed by atoms with E-state index in [-0.39, 0.29) is 19.4 Å². The van der Waals surface area contributed by atoms with E-state index in [0.717, 1.165) is 64.2 Å². The molecule has 59 heavy (non-hydrogen) atoms. The summed E-state index contributed by atoms with van der Waals surface area (Å²) < 4.78 is 32.8. The van der Waals surface area contributed by atoms with E-state index in [1.54, 1.807) is 0 Å². The lowest BCUT2D eigenvalue weighted by Crippen LogP contribution is -2.29. The summed E-state index contributed by atoms with van der Waals surface area (Å²) in [5.74, 6) is -0.930. The molecule has 0 bridgehead atoms. The minimum Gasteiger partial charge on any atom is -0.462 e. The van der Waals surface area contributed by atoms with Crippen LogP contribution in [0.15, 0.2) is 24.3 Å². The summed E-state index contributed by atoms with van der Waals surface area (Å²) in [6.45, 7) is 2.36. The van der Waals surface area contributed by atoms with Gasteiger partial charge in [0, 0.05) is 12.8 Å². The van der Waals surface area contributed by atoms with Crippen molar-refractivity contribution in [3.8, 4) is 0 Å². The third kappa shape index (κ3) is 44.3. The van der Waals surface area contributed by atoms with Crippen molar-refractivity contribution in [2.24, 2.45) is 0 Å². The molecule has 0 aliphatic heterocycles. The molecule has 11 heteroatoms. The fourth-order valence-corrected chi connectivity index (χ4v) is 7.62. The predicted octanol–water partition coefficient (Wildman–Crippen LogP) is 13.3. The van der Waals surface area contributed by atoms with Gasteiger partial charge in [0.2, 0.25) is 0 Å². The highest BCUT2D eigenvalue weighted by atomic mass is 31.2. The van der Waals surface area contributed by atoms with Crippen LogP contribution in [0, 0.1) is 0 Å². The Labute approximate surface area is 361 Å². The molecule has 0 aliphatic carbocycles. The Morgan fingerprint density at radius 1 is 0.508 bits per heavy atom. The second kappa shape index (κ2) is 44.5. The van der Waals surface area contributed by atoms with Crippen LogP contribution < -0.4 is 0 Å². The average molecular weight is 859 g/mol. The molecule has 0 aromatic rings. The van der Waals surface area contributed by atoms with E-state index in [9.17, 15) is 24.2 Å². The molecule has 348 valence electrons. The normalized spacial score (nSPS) is 13.9. The van der Waals surface area contributed by atoms with Crippen LogP contribution in [0.2, 0.25) is 0 Å². The zero-order chi connectivity index (χ0) is 43.3. The third-order valence-corrected chi connectivity index (χ3v) is 11.6. The largest absolute Gasteiger partial charge is 0.472 e. The van der Waals surface area contributed by atoms with Gasteiger partial charge in [0.05, 0.1) is 19.8 Å². The average Bonchev–Trinajstić information content (AvgIpc) is 3.22. The molecule has 0 fully saturated rings. The van der Waals surface area contributed by atoms with Crippen LogP contribution in [-0.4, -0.2) is 65.7 Å². The molecule has 0 amide bonds. The number of aliphatic hydroxyl groups is 2. The van der Waals surface area contributed by atoms with Crippen molar-refractivity contribution in [2.45, 2.75) is 244 Å². The monoisotopic (exact) mass is 859 g/mol. The number of carbonyl (C=O) groups is 2. The van der Waals surface area contributed by atoms with Gasteiger partial charge in [0.25, 0.3) is 0 Å². The van der Waals surface area contributed by atoms with E-state index in [2.05, 4.69) is 38.2 Å². The molecule has 0 spiro atoms. The maximum Gasteiger partial charge on any atom is 0.472 e. The van der Waals surface area contributed by atoms with Crippen molar-refractivity contribution in [3.63, 3.8) is 0 Å². The number of unbranched alkanes of at least 4 members (excludes halogenated alkanes) is 28. The van der Waals surface area contributed by atoms with Crippen LogP contribution in [0.1, 0.15) is 232 Å². The first-order valence-electron chi connectivity index (χ1n) is 24.3. The molecular formula is C48H91O10P. The predicted molar refractivity (Wildman–Crippen MR) is 242 cm³/mol. The summed E-state index contributed by atoms with van der Waals surface area (Å²) in [4.78, 5) is 35.1. The topological polar surface area (TPSA) is 149 Å². The molecule has 10 nitrogen and oxygen atoms in total. The van der Waals surface area contributed by atoms with Gasteiger partial charge in [-0.2, -0.15) is 0 Å². The smallest absolute Gasteiger partial charge is 0.462 e. The van der Waals surface area contributed by atoms with Gasteiger partial charge >= 0.3 is 19.8 Å². The summed E-state index contributed by atoms with van der Waals surface area (Å²) in [7, 11) is -4.62. The van der Waals surface area contributed by atoms with Gasteiger partial charge in [-0.3, -0.25) is 18.6 Å². The van der Waals surface area contributed by atoms with Crippen LogP contribution in [0.25, 0.3) is 0 Å². The van der Waals surface area contributed by atoms with Crippen LogP contribution in [0.5, 0.6) is 0 Å². The lowest BCUT2D eigenvalue weighted by atomic mass is 10.0. The van der Waals surface area contributed by atoms with Crippen molar-refractivity contribution in [3.05, 3.63) is 24.3 Å². The molecule has 3 N–H and O–H groups in total. The minimum atomic E-state index is -4.62. The molecule has 0 saturated carbocycles. The Hall–Kier alpha value is -1.55. The number of esters is 2. The Balaban J connectivity index is 4.16. The summed E-state index contributed by atoms with van der Waals surface area (Å²) in [5.41, 5.74) is 0. The maximum atomic E-state index is 12.7. The van der Waals surface area contributed by atoms with Crippen molar-refractivity contribution in [1.29, 1.82) is 0 Å². The lowest BCUT2D eigenvalue weighted by molar-refractivity contribution is -0.161. The van der Waals surface area contributed by atoms with Crippen molar-refractivity contribution in [1.82, 2.24) is 0 Å². The highest BCUT2D eigenvalue weighted by Crippen LogP contribution is 2.43. The summed E-state index contributed by atoms with van der Waals surface area (Å²) >= 11 is 0. The van der Waals surface area contributed by atoms with E-state index in [1.807, 2.05) is 0 Å². The minimum absolute atomic E-state index is 0.186. The maximum absolute atomic E-state index is 12.7. The quantitative estimate of drug-likeness (QED) is 0.0234. The lowest BCUT2D eigenvalue weighted by Gasteiger charge is -2.20. The summed E-state index contributed by atoms with van der Waals surface area (Å²) in [6.07, 6.45) is 45.8. The number of phosphoric acid groups is 1.